The SMILES string of the molecule is CCCCCCCN(C)[C@@]1(OCC(C)(O)C(C)CCCC)C[C@H](OCc2ccccc2)C[C@@H]1OCc1ccccc1. The Morgan fingerprint density at radius 1 is 0.878 bits per heavy atom. The Morgan fingerprint density at radius 2 is 1.46 bits per heavy atom. The zero-order valence-electron chi connectivity index (χ0n) is 26.5. The van der Waals surface area contributed by atoms with Crippen LogP contribution in [0.15, 0.2) is 60.7 Å². The summed E-state index contributed by atoms with van der Waals surface area (Å²) in [5.41, 5.74) is 0.731. The Hall–Kier alpha value is -1.76. The lowest BCUT2D eigenvalue weighted by molar-refractivity contribution is -0.235. The van der Waals surface area contributed by atoms with Crippen LogP contribution < -0.4 is 0 Å². The largest absolute Gasteiger partial charge is 0.387 e. The molecule has 0 amide bonds. The highest BCUT2D eigenvalue weighted by molar-refractivity contribution is 5.15. The van der Waals surface area contributed by atoms with Crippen molar-refractivity contribution in [2.45, 2.75) is 129 Å². The molecule has 0 radical (unpaired) electrons. The summed E-state index contributed by atoms with van der Waals surface area (Å²) in [6, 6.07) is 20.7. The maximum atomic E-state index is 11.5. The standard InChI is InChI=1S/C36H57NO4/c1-6-8-10-11-18-24-37(5)36(41-29-35(4,38)30(3)19-9-7-2)26-33(39-27-31-20-14-12-15-21-31)25-34(36)40-28-32-22-16-13-17-23-32/h12-17,20-23,30,33-34,38H,6-11,18-19,24-29H2,1-5H3/t30?,33-,34+,35?,36-/m1/s1. The smallest absolute Gasteiger partial charge is 0.150 e. The third-order valence-corrected chi connectivity index (χ3v) is 9.03. The minimum atomic E-state index is -0.920. The molecule has 2 unspecified atom stereocenters. The number of hydrogen-bond donors (Lipinski definition) is 1. The van der Waals surface area contributed by atoms with Gasteiger partial charge in [0.05, 0.1) is 31.5 Å². The average molecular weight is 568 g/mol. The van der Waals surface area contributed by atoms with Gasteiger partial charge in [0.15, 0.2) is 5.72 Å². The third-order valence-electron chi connectivity index (χ3n) is 9.03. The Morgan fingerprint density at radius 3 is 2.07 bits per heavy atom. The average Bonchev–Trinajstić information content (AvgIpc) is 3.36. The van der Waals surface area contributed by atoms with Crippen LogP contribution in [-0.4, -0.2) is 53.7 Å². The van der Waals surface area contributed by atoms with Gasteiger partial charge in [0.2, 0.25) is 0 Å². The van der Waals surface area contributed by atoms with Crippen molar-refractivity contribution >= 4 is 0 Å². The highest BCUT2D eigenvalue weighted by Gasteiger charge is 2.53. The van der Waals surface area contributed by atoms with E-state index in [1.807, 2.05) is 19.1 Å². The fraction of sp³-hybridized carbons (Fsp3) is 0.667. The zero-order valence-corrected chi connectivity index (χ0v) is 26.5. The first-order chi connectivity index (χ1) is 19.8. The van der Waals surface area contributed by atoms with E-state index in [9.17, 15) is 5.11 Å². The Labute approximate surface area is 250 Å². The molecule has 1 fully saturated rings. The molecule has 1 aliphatic rings. The molecular weight excluding hydrogens is 510 g/mol. The first kappa shape index (κ1) is 33.7. The number of nitrogens with zero attached hydrogens (tertiary/aromatic N) is 1. The Bertz CT molecular complexity index is 953. The van der Waals surface area contributed by atoms with E-state index in [1.54, 1.807) is 0 Å². The van der Waals surface area contributed by atoms with Crippen molar-refractivity contribution in [2.75, 3.05) is 20.2 Å². The second-order valence-corrected chi connectivity index (χ2v) is 12.5. The Balaban J connectivity index is 1.82. The highest BCUT2D eigenvalue weighted by atomic mass is 16.6. The van der Waals surface area contributed by atoms with Crippen LogP contribution >= 0.6 is 0 Å². The van der Waals surface area contributed by atoms with Gasteiger partial charge in [0.1, 0.15) is 6.10 Å². The number of aliphatic hydroxyl groups is 1. The van der Waals surface area contributed by atoms with E-state index >= 15 is 0 Å². The minimum Gasteiger partial charge on any atom is -0.387 e. The van der Waals surface area contributed by atoms with Crippen LogP contribution in [0.2, 0.25) is 0 Å². The van der Waals surface area contributed by atoms with Crippen LogP contribution in [0.4, 0.5) is 0 Å². The van der Waals surface area contributed by atoms with Crippen molar-refractivity contribution in [3.63, 3.8) is 0 Å². The zero-order chi connectivity index (χ0) is 29.6. The molecular formula is C36H57NO4. The van der Waals surface area contributed by atoms with Gasteiger partial charge in [-0.3, -0.25) is 4.90 Å². The molecule has 0 bridgehead atoms. The fourth-order valence-corrected chi connectivity index (χ4v) is 5.89. The van der Waals surface area contributed by atoms with E-state index in [0.717, 1.165) is 44.2 Å². The number of rotatable bonds is 20. The molecule has 2 aromatic carbocycles. The maximum Gasteiger partial charge on any atom is 0.150 e. The fourth-order valence-electron chi connectivity index (χ4n) is 5.89. The molecule has 3 rings (SSSR count). The summed E-state index contributed by atoms with van der Waals surface area (Å²) < 4.78 is 20.2. The van der Waals surface area contributed by atoms with Crippen molar-refractivity contribution in [2.24, 2.45) is 5.92 Å². The van der Waals surface area contributed by atoms with Crippen LogP contribution in [0.5, 0.6) is 0 Å². The molecule has 1 saturated carbocycles. The monoisotopic (exact) mass is 567 g/mol. The molecule has 0 saturated heterocycles. The normalized spacial score (nSPS) is 23.1. The summed E-state index contributed by atoms with van der Waals surface area (Å²) in [4.78, 5) is 2.37. The van der Waals surface area contributed by atoms with Crippen molar-refractivity contribution in [3.05, 3.63) is 71.8 Å². The number of benzene rings is 2. The van der Waals surface area contributed by atoms with E-state index in [2.05, 4.69) is 81.2 Å². The van der Waals surface area contributed by atoms with Gasteiger partial charge in [-0.2, -0.15) is 0 Å². The number of ether oxygens (including phenoxy) is 3. The maximum absolute atomic E-state index is 11.5. The van der Waals surface area contributed by atoms with Gasteiger partial charge in [-0.1, -0.05) is 120 Å². The van der Waals surface area contributed by atoms with Crippen LogP contribution in [0.1, 0.15) is 103 Å². The van der Waals surface area contributed by atoms with Gasteiger partial charge in [-0.05, 0) is 43.9 Å². The molecule has 0 heterocycles. The van der Waals surface area contributed by atoms with E-state index < -0.39 is 11.3 Å². The summed E-state index contributed by atoms with van der Waals surface area (Å²) in [6.45, 7) is 10.8. The van der Waals surface area contributed by atoms with E-state index in [4.69, 9.17) is 14.2 Å². The molecule has 5 atom stereocenters. The lowest BCUT2D eigenvalue weighted by atomic mass is 9.87. The number of hydrogen-bond acceptors (Lipinski definition) is 5. The number of unbranched alkanes of at least 4 members (excludes halogenated alkanes) is 5. The first-order valence-electron chi connectivity index (χ1n) is 16.2. The van der Waals surface area contributed by atoms with E-state index in [-0.39, 0.29) is 24.7 Å². The van der Waals surface area contributed by atoms with Gasteiger partial charge in [0, 0.05) is 19.4 Å². The van der Waals surface area contributed by atoms with E-state index in [1.165, 1.54) is 31.2 Å². The molecule has 0 aliphatic heterocycles. The van der Waals surface area contributed by atoms with Crippen LogP contribution in [0.25, 0.3) is 0 Å². The van der Waals surface area contributed by atoms with Crippen molar-refractivity contribution in [1.29, 1.82) is 0 Å². The lowest BCUT2D eigenvalue weighted by Gasteiger charge is -2.45. The summed E-state index contributed by atoms with van der Waals surface area (Å²) in [6.07, 6.45) is 10.6. The molecule has 0 spiro atoms. The first-order valence-corrected chi connectivity index (χ1v) is 16.2. The third kappa shape index (κ3) is 10.5. The Kier molecular flexibility index (Phi) is 14.3. The van der Waals surface area contributed by atoms with Crippen molar-refractivity contribution in [1.82, 2.24) is 4.90 Å². The van der Waals surface area contributed by atoms with Crippen LogP contribution in [-0.2, 0) is 27.4 Å². The number of likely N-dealkylation sites (N-methyl/N-ethyl adjacent to an activating group) is 1. The molecule has 1 aliphatic carbocycles. The molecule has 0 aromatic heterocycles. The summed E-state index contributed by atoms with van der Waals surface area (Å²) >= 11 is 0. The summed E-state index contributed by atoms with van der Waals surface area (Å²) in [5, 5.41) is 11.5. The predicted molar refractivity (Wildman–Crippen MR) is 169 cm³/mol. The van der Waals surface area contributed by atoms with Gasteiger partial charge in [-0.15, -0.1) is 0 Å². The topological polar surface area (TPSA) is 51.2 Å². The molecule has 2 aromatic rings. The highest BCUT2D eigenvalue weighted by Crippen LogP contribution is 2.42. The van der Waals surface area contributed by atoms with Gasteiger partial charge < -0.3 is 19.3 Å². The second kappa shape index (κ2) is 17.4. The second-order valence-electron chi connectivity index (χ2n) is 12.5. The summed E-state index contributed by atoms with van der Waals surface area (Å²) in [7, 11) is 2.17. The summed E-state index contributed by atoms with van der Waals surface area (Å²) in [5.74, 6) is 0.147. The molecule has 5 heteroatoms. The van der Waals surface area contributed by atoms with Crippen molar-refractivity contribution < 1.29 is 19.3 Å². The molecule has 41 heavy (non-hydrogen) atoms. The molecule has 230 valence electrons. The molecule has 1 N–H and O–H groups in total. The minimum absolute atomic E-state index is 0.000912. The predicted octanol–water partition coefficient (Wildman–Crippen LogP) is 8.14. The van der Waals surface area contributed by atoms with Gasteiger partial charge in [0.25, 0.3) is 0 Å². The van der Waals surface area contributed by atoms with Crippen LogP contribution in [0, 0.1) is 5.92 Å². The molecule has 5 nitrogen and oxygen atoms in total. The van der Waals surface area contributed by atoms with Crippen LogP contribution in [0.3, 0.4) is 0 Å². The van der Waals surface area contributed by atoms with Crippen molar-refractivity contribution in [3.8, 4) is 0 Å². The van der Waals surface area contributed by atoms with Gasteiger partial charge >= 0.3 is 0 Å². The quantitative estimate of drug-likeness (QED) is 0.129. The van der Waals surface area contributed by atoms with Gasteiger partial charge in [-0.25, -0.2) is 0 Å². The lowest BCUT2D eigenvalue weighted by Crippen LogP contribution is -2.57. The van der Waals surface area contributed by atoms with E-state index in [0.29, 0.717) is 19.6 Å².